The summed E-state index contributed by atoms with van der Waals surface area (Å²) in [5, 5.41) is 0. The Bertz CT molecular complexity index is 240. The Balaban J connectivity index is 3.03. The Labute approximate surface area is 59.7 Å². The minimum absolute atomic E-state index is 0.497. The number of carbonyl (C=O) groups is 1. The zero-order valence-electron chi connectivity index (χ0n) is 6.16. The van der Waals surface area contributed by atoms with E-state index in [-0.39, 0.29) is 0 Å². The molecule has 0 N–H and O–H groups in total. The third-order valence-corrected chi connectivity index (χ3v) is 1.43. The first kappa shape index (κ1) is 6.99. The van der Waals surface area contributed by atoms with Gasteiger partial charge in [-0.3, -0.25) is 4.79 Å². The summed E-state index contributed by atoms with van der Waals surface area (Å²) in [5.74, 6) is 0.497. The molecule has 1 aromatic rings. The molecule has 0 radical (unpaired) electrons. The van der Waals surface area contributed by atoms with Crippen LogP contribution in [0.5, 0.6) is 0 Å². The van der Waals surface area contributed by atoms with Crippen LogP contribution in [0.3, 0.4) is 0 Å². The molecule has 3 heteroatoms. The smallest absolute Gasteiger partial charge is 0.185 e. The van der Waals surface area contributed by atoms with E-state index in [1.165, 1.54) is 0 Å². The molecule has 0 aliphatic heterocycles. The van der Waals surface area contributed by atoms with Crippen molar-refractivity contribution >= 4 is 6.29 Å². The van der Waals surface area contributed by atoms with Crippen molar-refractivity contribution in [1.29, 1.82) is 0 Å². The van der Waals surface area contributed by atoms with Crippen LogP contribution in [0.2, 0.25) is 0 Å². The van der Waals surface area contributed by atoms with Crippen LogP contribution in [0.25, 0.3) is 0 Å². The molecule has 1 aromatic heterocycles. The highest BCUT2D eigenvalue weighted by molar-refractivity contribution is 5.69. The highest BCUT2D eigenvalue weighted by Gasteiger charge is 1.99. The summed E-state index contributed by atoms with van der Waals surface area (Å²) in [6, 6.07) is 0. The van der Waals surface area contributed by atoms with Gasteiger partial charge in [0.15, 0.2) is 12.1 Å². The van der Waals surface area contributed by atoms with E-state index >= 15 is 0 Å². The summed E-state index contributed by atoms with van der Waals surface area (Å²) >= 11 is 0. The quantitative estimate of drug-likeness (QED) is 0.566. The molecule has 0 bridgehead atoms. The maximum Gasteiger partial charge on any atom is 0.185 e. The van der Waals surface area contributed by atoms with E-state index in [9.17, 15) is 4.79 Å². The molecule has 0 aliphatic rings. The Hall–Kier alpha value is -1.12. The van der Waals surface area contributed by atoms with Crippen molar-refractivity contribution in [2.45, 2.75) is 13.3 Å². The molecule has 0 fully saturated rings. The normalized spacial score (nSPS) is 9.80. The number of aryl methyl sites for hydroxylation is 2. The van der Waals surface area contributed by atoms with Gasteiger partial charge in [0, 0.05) is 13.2 Å². The van der Waals surface area contributed by atoms with Crippen molar-refractivity contribution in [3.8, 4) is 0 Å². The van der Waals surface area contributed by atoms with Gasteiger partial charge in [0.1, 0.15) is 0 Å². The van der Waals surface area contributed by atoms with Crippen LogP contribution in [0.1, 0.15) is 23.2 Å². The summed E-state index contributed by atoms with van der Waals surface area (Å²) < 4.78 is 1.73. The van der Waals surface area contributed by atoms with Gasteiger partial charge in [-0.15, -0.1) is 0 Å². The van der Waals surface area contributed by atoms with E-state index in [1.807, 2.05) is 20.2 Å². The van der Waals surface area contributed by atoms with Crippen LogP contribution in [-0.2, 0) is 13.5 Å². The van der Waals surface area contributed by atoms with E-state index in [0.717, 1.165) is 18.4 Å². The van der Waals surface area contributed by atoms with E-state index < -0.39 is 0 Å². The molecule has 1 rings (SSSR count). The van der Waals surface area contributed by atoms with Crippen LogP contribution >= 0.6 is 0 Å². The molecule has 0 atom stereocenters. The van der Waals surface area contributed by atoms with Gasteiger partial charge < -0.3 is 4.57 Å². The summed E-state index contributed by atoms with van der Waals surface area (Å²) in [6.07, 6.45) is 3.50. The minimum Gasteiger partial charge on any atom is -0.332 e. The lowest BCUT2D eigenvalue weighted by Gasteiger charge is -1.86. The molecule has 0 amide bonds. The third kappa shape index (κ3) is 1.07. The molecule has 1 heterocycles. The van der Waals surface area contributed by atoms with Gasteiger partial charge in [0.2, 0.25) is 0 Å². The van der Waals surface area contributed by atoms with Crippen LogP contribution in [0.4, 0.5) is 0 Å². The molecule has 0 unspecified atom stereocenters. The van der Waals surface area contributed by atoms with Gasteiger partial charge in [-0.2, -0.15) is 0 Å². The van der Waals surface area contributed by atoms with Gasteiger partial charge in [-0.25, -0.2) is 4.98 Å². The first-order valence-electron chi connectivity index (χ1n) is 3.25. The predicted molar refractivity (Wildman–Crippen MR) is 38.0 cm³/mol. The lowest BCUT2D eigenvalue weighted by Crippen LogP contribution is -1.92. The summed E-state index contributed by atoms with van der Waals surface area (Å²) in [4.78, 5) is 14.3. The molecular formula is C7H10N2O. The highest BCUT2D eigenvalue weighted by atomic mass is 16.1. The predicted octanol–water partition coefficient (Wildman–Crippen LogP) is 0.795. The number of aldehydes is 1. The van der Waals surface area contributed by atoms with Crippen molar-refractivity contribution in [2.24, 2.45) is 7.05 Å². The number of carbonyl (C=O) groups excluding carboxylic acids is 1. The van der Waals surface area contributed by atoms with Crippen molar-refractivity contribution in [3.05, 3.63) is 17.7 Å². The zero-order valence-corrected chi connectivity index (χ0v) is 6.16. The van der Waals surface area contributed by atoms with Gasteiger partial charge in [0.25, 0.3) is 0 Å². The zero-order chi connectivity index (χ0) is 7.56. The minimum atomic E-state index is 0.497. The number of hydrogen-bond donors (Lipinski definition) is 0. The van der Waals surface area contributed by atoms with E-state index in [1.54, 1.807) is 4.57 Å². The molecular weight excluding hydrogens is 128 g/mol. The first-order valence-corrected chi connectivity index (χ1v) is 3.25. The molecule has 54 valence electrons. The second kappa shape index (κ2) is 2.64. The monoisotopic (exact) mass is 138 g/mol. The topological polar surface area (TPSA) is 34.9 Å². The average molecular weight is 138 g/mol. The fourth-order valence-corrected chi connectivity index (χ4v) is 0.824. The van der Waals surface area contributed by atoms with Crippen LogP contribution in [-0.4, -0.2) is 15.8 Å². The van der Waals surface area contributed by atoms with Gasteiger partial charge in [0.05, 0.1) is 5.69 Å². The first-order chi connectivity index (χ1) is 4.77. The SMILES string of the molecule is CCc1cn(C)c(C=O)n1. The number of aromatic nitrogens is 2. The maximum atomic E-state index is 10.3. The molecule has 0 saturated carbocycles. The third-order valence-electron chi connectivity index (χ3n) is 1.43. The van der Waals surface area contributed by atoms with E-state index in [2.05, 4.69) is 4.98 Å². The van der Waals surface area contributed by atoms with Crippen LogP contribution < -0.4 is 0 Å². The number of imidazole rings is 1. The van der Waals surface area contributed by atoms with Crippen LogP contribution in [0.15, 0.2) is 6.20 Å². The molecule has 10 heavy (non-hydrogen) atoms. The highest BCUT2D eigenvalue weighted by Crippen LogP contribution is 1.98. The lowest BCUT2D eigenvalue weighted by atomic mass is 10.4. The Morgan fingerprint density at radius 1 is 1.80 bits per heavy atom. The molecule has 0 spiro atoms. The van der Waals surface area contributed by atoms with Gasteiger partial charge >= 0.3 is 0 Å². The Kier molecular flexibility index (Phi) is 1.85. The average Bonchev–Trinajstić information content (AvgIpc) is 2.30. The number of rotatable bonds is 2. The van der Waals surface area contributed by atoms with Gasteiger partial charge in [-0.1, -0.05) is 6.92 Å². The summed E-state index contributed by atoms with van der Waals surface area (Å²) in [6.45, 7) is 2.01. The van der Waals surface area contributed by atoms with Crippen molar-refractivity contribution in [2.75, 3.05) is 0 Å². The lowest BCUT2D eigenvalue weighted by molar-refractivity contribution is 0.111. The maximum absolute atomic E-state index is 10.3. The van der Waals surface area contributed by atoms with Gasteiger partial charge in [-0.05, 0) is 6.42 Å². The summed E-state index contributed by atoms with van der Waals surface area (Å²) in [5.41, 5.74) is 0.963. The molecule has 0 saturated heterocycles. The van der Waals surface area contributed by atoms with Crippen molar-refractivity contribution in [3.63, 3.8) is 0 Å². The summed E-state index contributed by atoms with van der Waals surface area (Å²) in [7, 11) is 1.82. The number of hydrogen-bond acceptors (Lipinski definition) is 2. The fraction of sp³-hybridized carbons (Fsp3) is 0.429. The van der Waals surface area contributed by atoms with Crippen LogP contribution in [0, 0.1) is 0 Å². The van der Waals surface area contributed by atoms with Crippen molar-refractivity contribution in [1.82, 2.24) is 9.55 Å². The number of nitrogens with zero attached hydrogens (tertiary/aromatic N) is 2. The fourth-order valence-electron chi connectivity index (χ4n) is 0.824. The van der Waals surface area contributed by atoms with E-state index in [0.29, 0.717) is 5.82 Å². The van der Waals surface area contributed by atoms with E-state index in [4.69, 9.17) is 0 Å². The molecule has 0 aliphatic carbocycles. The molecule has 3 nitrogen and oxygen atoms in total. The Morgan fingerprint density at radius 3 is 2.80 bits per heavy atom. The largest absolute Gasteiger partial charge is 0.332 e. The second-order valence-electron chi connectivity index (χ2n) is 2.17. The standard InChI is InChI=1S/C7H10N2O/c1-3-6-4-9(2)7(5-10)8-6/h4-5H,3H2,1-2H3. The molecule has 0 aromatic carbocycles. The Morgan fingerprint density at radius 2 is 2.50 bits per heavy atom. The second-order valence-corrected chi connectivity index (χ2v) is 2.17. The van der Waals surface area contributed by atoms with Crippen molar-refractivity contribution < 1.29 is 4.79 Å².